The summed E-state index contributed by atoms with van der Waals surface area (Å²) in [6.07, 6.45) is -2.88. The van der Waals surface area contributed by atoms with E-state index in [0.717, 1.165) is 23.0 Å². The first-order chi connectivity index (χ1) is 10.1. The van der Waals surface area contributed by atoms with E-state index in [-0.39, 0.29) is 41.3 Å². The molecule has 0 spiro atoms. The zero-order valence-electron chi connectivity index (χ0n) is 12.5. The normalized spacial score (nSPS) is 12.7. The van der Waals surface area contributed by atoms with Crippen LogP contribution in [-0.2, 0) is 22.6 Å². The number of alkyl halides is 3. The molecular weight excluding hydrogens is 468 g/mol. The van der Waals surface area contributed by atoms with Gasteiger partial charge in [-0.05, 0) is 6.42 Å². The Labute approximate surface area is 153 Å². The van der Waals surface area contributed by atoms with Crippen molar-refractivity contribution in [1.82, 2.24) is 15.6 Å². The number of guanidine groups is 1. The SMILES string of the molecule is CN=C(NCCCS(C)(=O)=O)NCc1nc(C(F)(F)F)cs1.I. The van der Waals surface area contributed by atoms with Crippen LogP contribution in [-0.4, -0.2) is 45.0 Å². The number of hydrogen-bond donors (Lipinski definition) is 2. The van der Waals surface area contributed by atoms with Crippen LogP contribution < -0.4 is 10.6 Å². The van der Waals surface area contributed by atoms with Crippen molar-refractivity contribution in [3.05, 3.63) is 16.1 Å². The van der Waals surface area contributed by atoms with Crippen molar-refractivity contribution >= 4 is 51.1 Å². The number of thiazole rings is 1. The first kappa shape index (κ1) is 22.4. The van der Waals surface area contributed by atoms with E-state index in [0.29, 0.717) is 18.9 Å². The Morgan fingerprint density at radius 3 is 2.52 bits per heavy atom. The van der Waals surface area contributed by atoms with Crippen molar-refractivity contribution in [2.45, 2.75) is 19.1 Å². The Kier molecular flexibility index (Phi) is 9.35. The van der Waals surface area contributed by atoms with Crippen molar-refractivity contribution in [2.24, 2.45) is 4.99 Å². The van der Waals surface area contributed by atoms with E-state index in [1.165, 1.54) is 7.05 Å². The molecule has 0 unspecified atom stereocenters. The van der Waals surface area contributed by atoms with Crippen LogP contribution in [0.5, 0.6) is 0 Å². The summed E-state index contributed by atoms with van der Waals surface area (Å²) in [6, 6.07) is 0. The van der Waals surface area contributed by atoms with Crippen molar-refractivity contribution in [3.63, 3.8) is 0 Å². The third-order valence-electron chi connectivity index (χ3n) is 2.46. The molecule has 1 aromatic heterocycles. The molecule has 0 aliphatic rings. The minimum Gasteiger partial charge on any atom is -0.356 e. The summed E-state index contributed by atoms with van der Waals surface area (Å²) in [5, 5.41) is 6.94. The first-order valence-corrected chi connectivity index (χ1v) is 9.19. The topological polar surface area (TPSA) is 83.5 Å². The number of nitrogens with one attached hydrogen (secondary N) is 2. The second kappa shape index (κ2) is 9.61. The van der Waals surface area contributed by atoms with Crippen LogP contribution in [0.1, 0.15) is 17.1 Å². The van der Waals surface area contributed by atoms with E-state index in [9.17, 15) is 21.6 Å². The molecule has 134 valence electrons. The van der Waals surface area contributed by atoms with Crippen molar-refractivity contribution in [1.29, 1.82) is 0 Å². The Hall–Kier alpha value is -0.630. The minimum atomic E-state index is -4.44. The van der Waals surface area contributed by atoms with Crippen molar-refractivity contribution in [2.75, 3.05) is 25.6 Å². The fourth-order valence-corrected chi connectivity index (χ4v) is 2.85. The van der Waals surface area contributed by atoms with Gasteiger partial charge in [0.05, 0.1) is 12.3 Å². The van der Waals surface area contributed by atoms with Crippen LogP contribution in [0.4, 0.5) is 13.2 Å². The molecule has 1 heterocycles. The summed E-state index contributed by atoms with van der Waals surface area (Å²) in [4.78, 5) is 7.38. The van der Waals surface area contributed by atoms with Gasteiger partial charge in [-0.2, -0.15) is 13.2 Å². The zero-order valence-corrected chi connectivity index (χ0v) is 16.4. The Morgan fingerprint density at radius 2 is 2.04 bits per heavy atom. The maximum atomic E-state index is 12.4. The Balaban J connectivity index is 0.00000484. The van der Waals surface area contributed by atoms with Gasteiger partial charge in [0.25, 0.3) is 0 Å². The van der Waals surface area contributed by atoms with Crippen LogP contribution in [0.3, 0.4) is 0 Å². The summed E-state index contributed by atoms with van der Waals surface area (Å²) in [5.41, 5.74) is -0.912. The summed E-state index contributed by atoms with van der Waals surface area (Å²) in [7, 11) is -1.50. The fourth-order valence-electron chi connectivity index (χ4n) is 1.44. The van der Waals surface area contributed by atoms with E-state index in [1.54, 1.807) is 0 Å². The van der Waals surface area contributed by atoms with E-state index in [1.807, 2.05) is 0 Å². The smallest absolute Gasteiger partial charge is 0.356 e. The number of rotatable bonds is 6. The predicted octanol–water partition coefficient (Wildman–Crippen LogP) is 1.88. The highest BCUT2D eigenvalue weighted by Gasteiger charge is 2.33. The van der Waals surface area contributed by atoms with Gasteiger partial charge in [0.2, 0.25) is 0 Å². The second-order valence-electron chi connectivity index (χ2n) is 4.46. The van der Waals surface area contributed by atoms with Crippen molar-refractivity contribution in [3.8, 4) is 0 Å². The quantitative estimate of drug-likeness (QED) is 0.278. The number of hydrogen-bond acceptors (Lipinski definition) is 5. The average molecular weight is 486 g/mol. The average Bonchev–Trinajstić information content (AvgIpc) is 2.85. The number of halogens is 4. The third-order valence-corrected chi connectivity index (χ3v) is 4.34. The van der Waals surface area contributed by atoms with Gasteiger partial charge in [0, 0.05) is 25.2 Å². The molecule has 0 fully saturated rings. The lowest BCUT2D eigenvalue weighted by Gasteiger charge is -2.10. The molecule has 1 rings (SSSR count). The molecule has 0 atom stereocenters. The lowest BCUT2D eigenvalue weighted by Crippen LogP contribution is -2.37. The summed E-state index contributed by atoms with van der Waals surface area (Å²) >= 11 is 0.905. The van der Waals surface area contributed by atoms with E-state index >= 15 is 0 Å². The molecule has 6 nitrogen and oxygen atoms in total. The molecule has 0 aliphatic heterocycles. The Morgan fingerprint density at radius 1 is 1.39 bits per heavy atom. The maximum Gasteiger partial charge on any atom is 0.434 e. The standard InChI is InChI=1S/C11H17F3N4O2S2.HI/c1-15-10(16-4-3-5-22(2,19)20)17-6-9-18-8(7-21-9)11(12,13)14;/h7H,3-6H2,1-2H3,(H2,15,16,17);1H. The van der Waals surface area contributed by atoms with Gasteiger partial charge in [-0.1, -0.05) is 0 Å². The third kappa shape index (κ3) is 9.30. The highest BCUT2D eigenvalue weighted by Crippen LogP contribution is 2.29. The van der Waals surface area contributed by atoms with Crippen LogP contribution in [0.15, 0.2) is 10.4 Å². The van der Waals surface area contributed by atoms with E-state index < -0.39 is 21.7 Å². The zero-order chi connectivity index (χ0) is 16.8. The summed E-state index contributed by atoms with van der Waals surface area (Å²) in [6.45, 7) is 0.491. The maximum absolute atomic E-state index is 12.4. The van der Waals surface area contributed by atoms with Gasteiger partial charge in [0.15, 0.2) is 11.7 Å². The number of aliphatic imine (C=N–C) groups is 1. The lowest BCUT2D eigenvalue weighted by atomic mass is 10.5. The lowest BCUT2D eigenvalue weighted by molar-refractivity contribution is -0.140. The van der Waals surface area contributed by atoms with Crippen LogP contribution in [0.2, 0.25) is 0 Å². The van der Waals surface area contributed by atoms with Gasteiger partial charge in [-0.3, -0.25) is 4.99 Å². The largest absolute Gasteiger partial charge is 0.434 e. The molecule has 23 heavy (non-hydrogen) atoms. The van der Waals surface area contributed by atoms with Gasteiger partial charge >= 0.3 is 6.18 Å². The second-order valence-corrected chi connectivity index (χ2v) is 7.66. The van der Waals surface area contributed by atoms with Crippen LogP contribution in [0.25, 0.3) is 0 Å². The van der Waals surface area contributed by atoms with Gasteiger partial charge in [-0.15, -0.1) is 35.3 Å². The number of nitrogens with zero attached hydrogens (tertiary/aromatic N) is 2. The Bertz CT molecular complexity index is 617. The molecule has 0 saturated heterocycles. The van der Waals surface area contributed by atoms with E-state index in [4.69, 9.17) is 0 Å². The van der Waals surface area contributed by atoms with Gasteiger partial charge in [-0.25, -0.2) is 13.4 Å². The van der Waals surface area contributed by atoms with Gasteiger partial charge < -0.3 is 10.6 Å². The highest BCUT2D eigenvalue weighted by molar-refractivity contribution is 14.0. The van der Waals surface area contributed by atoms with Crippen LogP contribution >= 0.6 is 35.3 Å². The highest BCUT2D eigenvalue weighted by atomic mass is 127. The molecule has 0 amide bonds. The fraction of sp³-hybridized carbons (Fsp3) is 0.636. The molecular formula is C11H18F3IN4O2S2. The summed E-state index contributed by atoms with van der Waals surface area (Å²) in [5.74, 6) is 0.426. The molecule has 0 aromatic carbocycles. The molecule has 0 radical (unpaired) electrons. The molecule has 2 N–H and O–H groups in total. The number of aromatic nitrogens is 1. The molecule has 1 aromatic rings. The monoisotopic (exact) mass is 486 g/mol. The predicted molar refractivity (Wildman–Crippen MR) is 95.1 cm³/mol. The van der Waals surface area contributed by atoms with Crippen LogP contribution in [0, 0.1) is 0 Å². The minimum absolute atomic E-state index is 0. The summed E-state index contributed by atoms with van der Waals surface area (Å²) < 4.78 is 59.2. The molecule has 0 saturated carbocycles. The molecule has 12 heteroatoms. The number of sulfone groups is 1. The van der Waals surface area contributed by atoms with E-state index in [2.05, 4.69) is 20.6 Å². The first-order valence-electron chi connectivity index (χ1n) is 6.25. The molecule has 0 bridgehead atoms. The molecule has 0 aliphatic carbocycles. The van der Waals surface area contributed by atoms with Gasteiger partial charge in [0.1, 0.15) is 14.8 Å². The van der Waals surface area contributed by atoms with Crippen molar-refractivity contribution < 1.29 is 21.6 Å².